The number of pyridine rings is 1. The standard InChI is InChI=1S/C11H17N3O/c12-11(9-2-1-3-13-7-9)6-10-8-15-5-4-14-10/h1-3,7,10-11,14H,4-6,8,12H2. The van der Waals surface area contributed by atoms with Gasteiger partial charge in [0.1, 0.15) is 0 Å². The van der Waals surface area contributed by atoms with Crippen molar-refractivity contribution in [3.63, 3.8) is 0 Å². The summed E-state index contributed by atoms with van der Waals surface area (Å²) >= 11 is 0. The van der Waals surface area contributed by atoms with Crippen LogP contribution in [0.15, 0.2) is 24.5 Å². The Kier molecular flexibility index (Phi) is 3.66. The monoisotopic (exact) mass is 207 g/mol. The summed E-state index contributed by atoms with van der Waals surface area (Å²) in [6.45, 7) is 2.48. The van der Waals surface area contributed by atoms with Gasteiger partial charge in [0.15, 0.2) is 0 Å². The third kappa shape index (κ3) is 2.99. The van der Waals surface area contributed by atoms with Crippen LogP contribution in [-0.2, 0) is 4.74 Å². The van der Waals surface area contributed by atoms with Gasteiger partial charge in [-0.3, -0.25) is 4.98 Å². The SMILES string of the molecule is NC(CC1COCCN1)c1cccnc1. The Morgan fingerprint density at radius 3 is 3.27 bits per heavy atom. The summed E-state index contributed by atoms with van der Waals surface area (Å²) in [6, 6.07) is 4.34. The van der Waals surface area contributed by atoms with E-state index in [1.165, 1.54) is 0 Å². The molecule has 15 heavy (non-hydrogen) atoms. The van der Waals surface area contributed by atoms with Crippen molar-refractivity contribution in [1.29, 1.82) is 0 Å². The predicted octanol–water partition coefficient (Wildman–Crippen LogP) is 0.460. The van der Waals surface area contributed by atoms with Crippen LogP contribution < -0.4 is 11.1 Å². The maximum Gasteiger partial charge on any atom is 0.0620 e. The Morgan fingerprint density at radius 2 is 2.60 bits per heavy atom. The minimum atomic E-state index is 0.0397. The van der Waals surface area contributed by atoms with Crippen molar-refractivity contribution in [2.24, 2.45) is 5.73 Å². The Labute approximate surface area is 89.8 Å². The van der Waals surface area contributed by atoms with Crippen molar-refractivity contribution in [1.82, 2.24) is 10.3 Å². The highest BCUT2D eigenvalue weighted by molar-refractivity contribution is 5.13. The molecule has 1 aromatic heterocycles. The van der Waals surface area contributed by atoms with Gasteiger partial charge in [-0.25, -0.2) is 0 Å². The summed E-state index contributed by atoms with van der Waals surface area (Å²) in [6.07, 6.45) is 4.48. The first-order valence-corrected chi connectivity index (χ1v) is 5.33. The number of ether oxygens (including phenoxy) is 1. The van der Waals surface area contributed by atoms with Crippen molar-refractivity contribution in [3.8, 4) is 0 Å². The molecule has 0 spiro atoms. The molecule has 0 amide bonds. The van der Waals surface area contributed by atoms with Gasteiger partial charge in [-0.2, -0.15) is 0 Å². The Bertz CT molecular complexity index is 285. The lowest BCUT2D eigenvalue weighted by atomic mass is 10.0. The van der Waals surface area contributed by atoms with E-state index in [0.29, 0.717) is 6.04 Å². The van der Waals surface area contributed by atoms with Gasteiger partial charge >= 0.3 is 0 Å². The molecule has 3 N–H and O–H groups in total. The van der Waals surface area contributed by atoms with E-state index < -0.39 is 0 Å². The molecule has 1 aliphatic heterocycles. The second-order valence-electron chi connectivity index (χ2n) is 3.85. The van der Waals surface area contributed by atoms with E-state index in [-0.39, 0.29) is 6.04 Å². The van der Waals surface area contributed by atoms with Crippen LogP contribution in [0.5, 0.6) is 0 Å². The zero-order valence-corrected chi connectivity index (χ0v) is 8.73. The van der Waals surface area contributed by atoms with Gasteiger partial charge in [0, 0.05) is 31.0 Å². The number of morpholine rings is 1. The number of nitrogens with zero attached hydrogens (tertiary/aromatic N) is 1. The molecule has 1 fully saturated rings. The zero-order chi connectivity index (χ0) is 10.5. The first-order valence-electron chi connectivity index (χ1n) is 5.33. The lowest BCUT2D eigenvalue weighted by molar-refractivity contribution is 0.0720. The summed E-state index contributed by atoms with van der Waals surface area (Å²) in [5.41, 5.74) is 7.18. The second-order valence-corrected chi connectivity index (χ2v) is 3.85. The van der Waals surface area contributed by atoms with Crippen LogP contribution in [0, 0.1) is 0 Å². The van der Waals surface area contributed by atoms with Gasteiger partial charge in [-0.05, 0) is 18.1 Å². The van der Waals surface area contributed by atoms with Crippen molar-refractivity contribution >= 4 is 0 Å². The highest BCUT2D eigenvalue weighted by atomic mass is 16.5. The van der Waals surface area contributed by atoms with Crippen molar-refractivity contribution < 1.29 is 4.74 Å². The third-order valence-electron chi connectivity index (χ3n) is 2.65. The van der Waals surface area contributed by atoms with E-state index in [2.05, 4.69) is 10.3 Å². The molecule has 2 unspecified atom stereocenters. The molecule has 1 aliphatic rings. The molecular formula is C11H17N3O. The fourth-order valence-corrected chi connectivity index (χ4v) is 1.81. The fraction of sp³-hybridized carbons (Fsp3) is 0.545. The first kappa shape index (κ1) is 10.5. The lowest BCUT2D eigenvalue weighted by Crippen LogP contribution is -2.42. The molecule has 1 aromatic rings. The molecule has 4 heteroatoms. The Morgan fingerprint density at radius 1 is 1.67 bits per heavy atom. The number of hydrogen-bond acceptors (Lipinski definition) is 4. The molecule has 0 aliphatic carbocycles. The van der Waals surface area contributed by atoms with E-state index in [0.717, 1.165) is 31.7 Å². The van der Waals surface area contributed by atoms with Gasteiger partial charge in [-0.1, -0.05) is 6.07 Å². The molecule has 0 radical (unpaired) electrons. The molecule has 0 bridgehead atoms. The summed E-state index contributed by atoms with van der Waals surface area (Å²) < 4.78 is 5.39. The van der Waals surface area contributed by atoms with E-state index >= 15 is 0 Å². The van der Waals surface area contributed by atoms with Crippen LogP contribution in [0.3, 0.4) is 0 Å². The van der Waals surface area contributed by atoms with Gasteiger partial charge in [0.2, 0.25) is 0 Å². The van der Waals surface area contributed by atoms with Crippen LogP contribution in [0.1, 0.15) is 18.0 Å². The quantitative estimate of drug-likeness (QED) is 0.756. The molecule has 0 aromatic carbocycles. The highest BCUT2D eigenvalue weighted by Crippen LogP contribution is 2.15. The summed E-state index contributed by atoms with van der Waals surface area (Å²) in [7, 11) is 0. The van der Waals surface area contributed by atoms with Crippen molar-refractivity contribution in [3.05, 3.63) is 30.1 Å². The highest BCUT2D eigenvalue weighted by Gasteiger charge is 2.17. The predicted molar refractivity (Wildman–Crippen MR) is 58.4 cm³/mol. The van der Waals surface area contributed by atoms with Gasteiger partial charge in [0.05, 0.1) is 13.2 Å². The number of nitrogens with one attached hydrogen (secondary N) is 1. The second kappa shape index (κ2) is 5.21. The number of hydrogen-bond donors (Lipinski definition) is 2. The number of rotatable bonds is 3. The zero-order valence-electron chi connectivity index (χ0n) is 8.73. The van der Waals surface area contributed by atoms with E-state index in [1.54, 1.807) is 6.20 Å². The maximum absolute atomic E-state index is 6.09. The van der Waals surface area contributed by atoms with Gasteiger partial charge < -0.3 is 15.8 Å². The molecular weight excluding hydrogens is 190 g/mol. The molecule has 0 saturated carbocycles. The smallest absolute Gasteiger partial charge is 0.0620 e. The van der Waals surface area contributed by atoms with Crippen LogP contribution in [0.25, 0.3) is 0 Å². The Hall–Kier alpha value is -0.970. The lowest BCUT2D eigenvalue weighted by Gasteiger charge is -2.26. The summed E-state index contributed by atoms with van der Waals surface area (Å²) in [5.74, 6) is 0. The van der Waals surface area contributed by atoms with Crippen LogP contribution in [0.2, 0.25) is 0 Å². The van der Waals surface area contributed by atoms with Crippen molar-refractivity contribution in [2.45, 2.75) is 18.5 Å². The largest absolute Gasteiger partial charge is 0.379 e. The molecule has 2 rings (SSSR count). The fourth-order valence-electron chi connectivity index (χ4n) is 1.81. The average molecular weight is 207 g/mol. The van der Waals surface area contributed by atoms with E-state index in [9.17, 15) is 0 Å². The van der Waals surface area contributed by atoms with E-state index in [1.807, 2.05) is 18.3 Å². The van der Waals surface area contributed by atoms with Crippen LogP contribution >= 0.6 is 0 Å². The first-order chi connectivity index (χ1) is 7.36. The van der Waals surface area contributed by atoms with Gasteiger partial charge in [-0.15, -0.1) is 0 Å². The minimum absolute atomic E-state index is 0.0397. The molecule has 4 nitrogen and oxygen atoms in total. The molecule has 2 heterocycles. The van der Waals surface area contributed by atoms with Crippen molar-refractivity contribution in [2.75, 3.05) is 19.8 Å². The summed E-state index contributed by atoms with van der Waals surface area (Å²) in [4.78, 5) is 4.07. The third-order valence-corrected chi connectivity index (χ3v) is 2.65. The minimum Gasteiger partial charge on any atom is -0.379 e. The normalized spacial score (nSPS) is 23.7. The number of nitrogens with two attached hydrogens (primary N) is 1. The average Bonchev–Trinajstić information content (AvgIpc) is 2.31. The van der Waals surface area contributed by atoms with E-state index in [4.69, 9.17) is 10.5 Å². The molecule has 82 valence electrons. The van der Waals surface area contributed by atoms with Crippen LogP contribution in [-0.4, -0.2) is 30.8 Å². The van der Waals surface area contributed by atoms with Gasteiger partial charge in [0.25, 0.3) is 0 Å². The maximum atomic E-state index is 6.09. The van der Waals surface area contributed by atoms with Crippen LogP contribution in [0.4, 0.5) is 0 Å². The number of aromatic nitrogens is 1. The Balaban J connectivity index is 1.88. The molecule has 1 saturated heterocycles. The molecule has 2 atom stereocenters. The summed E-state index contributed by atoms with van der Waals surface area (Å²) in [5, 5.41) is 3.39. The topological polar surface area (TPSA) is 60.2 Å².